The number of sulfonamides is 1. The van der Waals surface area contributed by atoms with Gasteiger partial charge in [-0.3, -0.25) is 4.79 Å². The van der Waals surface area contributed by atoms with Crippen LogP contribution in [0.15, 0.2) is 35.7 Å². The van der Waals surface area contributed by atoms with Gasteiger partial charge in [-0.25, -0.2) is 8.42 Å². The lowest BCUT2D eigenvalue weighted by Crippen LogP contribution is -2.30. The van der Waals surface area contributed by atoms with Crippen molar-refractivity contribution in [3.05, 3.63) is 35.9 Å². The lowest BCUT2D eigenvalue weighted by Gasteiger charge is -2.19. The van der Waals surface area contributed by atoms with Gasteiger partial charge < -0.3 is 5.32 Å². The van der Waals surface area contributed by atoms with E-state index in [2.05, 4.69) is 11.9 Å². The normalized spacial score (nSPS) is 11.5. The van der Waals surface area contributed by atoms with Gasteiger partial charge in [-0.1, -0.05) is 31.5 Å². The third kappa shape index (κ3) is 4.56. The summed E-state index contributed by atoms with van der Waals surface area (Å²) < 4.78 is 26.4. The van der Waals surface area contributed by atoms with Crippen molar-refractivity contribution in [1.29, 1.82) is 0 Å². The molecule has 1 rings (SSSR count). The number of nitrogens with zero attached hydrogens (tertiary/aromatic N) is 1. The van der Waals surface area contributed by atoms with Crippen LogP contribution in [0.4, 0.5) is 5.69 Å². The monoisotopic (exact) mass is 344 g/mol. The molecule has 0 fully saturated rings. The summed E-state index contributed by atoms with van der Waals surface area (Å²) in [6.45, 7) is 7.78. The van der Waals surface area contributed by atoms with Crippen molar-refractivity contribution in [1.82, 2.24) is 4.31 Å². The molecule has 0 spiro atoms. The number of hydrogen-bond acceptors (Lipinski definition) is 3. The molecule has 0 bridgehead atoms. The third-order valence-electron chi connectivity index (χ3n) is 3.11. The standard InChI is InChI=1S/C15H21ClN2O3S/c1-4-7-8-15(19)17-12-9-10-13(16)14(11-12)22(20,21)18(5-2)6-3/h4,9-11H,1,5-8H2,2-3H3,(H,17,19). The topological polar surface area (TPSA) is 66.5 Å². The van der Waals surface area contributed by atoms with E-state index in [0.29, 0.717) is 31.6 Å². The fraction of sp³-hybridized carbons (Fsp3) is 0.400. The number of benzene rings is 1. The Morgan fingerprint density at radius 2 is 2.00 bits per heavy atom. The molecule has 0 radical (unpaired) electrons. The number of halogens is 1. The first kappa shape index (κ1) is 18.7. The largest absolute Gasteiger partial charge is 0.326 e. The number of carbonyl (C=O) groups is 1. The van der Waals surface area contributed by atoms with Crippen molar-refractivity contribution in [3.63, 3.8) is 0 Å². The van der Waals surface area contributed by atoms with Crippen LogP contribution in [0.2, 0.25) is 5.02 Å². The minimum atomic E-state index is -3.67. The predicted octanol–water partition coefficient (Wildman–Crippen LogP) is 3.28. The Bertz CT molecular complexity index is 640. The zero-order valence-corrected chi connectivity index (χ0v) is 14.4. The van der Waals surface area contributed by atoms with Gasteiger partial charge in [0.05, 0.1) is 5.02 Å². The summed E-state index contributed by atoms with van der Waals surface area (Å²) in [4.78, 5) is 11.7. The second-order valence-corrected chi connectivity index (χ2v) is 6.92. The zero-order chi connectivity index (χ0) is 16.8. The predicted molar refractivity (Wildman–Crippen MR) is 89.6 cm³/mol. The minimum Gasteiger partial charge on any atom is -0.326 e. The molecule has 0 unspecified atom stereocenters. The molecule has 0 aliphatic rings. The zero-order valence-electron chi connectivity index (χ0n) is 12.8. The number of nitrogens with one attached hydrogen (secondary N) is 1. The van der Waals surface area contributed by atoms with Crippen LogP contribution in [-0.2, 0) is 14.8 Å². The molecule has 0 heterocycles. The molecule has 1 amide bonds. The second kappa shape index (κ2) is 8.31. The molecule has 1 N–H and O–H groups in total. The molecule has 0 saturated carbocycles. The highest BCUT2D eigenvalue weighted by Crippen LogP contribution is 2.27. The first-order valence-corrected chi connectivity index (χ1v) is 8.89. The SMILES string of the molecule is C=CCCC(=O)Nc1ccc(Cl)c(S(=O)(=O)N(CC)CC)c1. The van der Waals surface area contributed by atoms with Crippen LogP contribution in [0.5, 0.6) is 0 Å². The lowest BCUT2D eigenvalue weighted by atomic mass is 10.2. The first-order valence-electron chi connectivity index (χ1n) is 7.07. The van der Waals surface area contributed by atoms with Crippen LogP contribution in [-0.4, -0.2) is 31.7 Å². The van der Waals surface area contributed by atoms with Gasteiger partial charge >= 0.3 is 0 Å². The number of amides is 1. The Labute approximate surface area is 137 Å². The Morgan fingerprint density at radius 1 is 1.36 bits per heavy atom. The fourth-order valence-electron chi connectivity index (χ4n) is 1.94. The van der Waals surface area contributed by atoms with Crippen molar-refractivity contribution in [3.8, 4) is 0 Å². The second-order valence-electron chi connectivity index (χ2n) is 4.61. The van der Waals surface area contributed by atoms with Crippen molar-refractivity contribution < 1.29 is 13.2 Å². The maximum absolute atomic E-state index is 12.5. The summed E-state index contributed by atoms with van der Waals surface area (Å²) in [7, 11) is -3.67. The summed E-state index contributed by atoms with van der Waals surface area (Å²) in [6, 6.07) is 4.44. The molecule has 122 valence electrons. The molecule has 0 saturated heterocycles. The van der Waals surface area contributed by atoms with E-state index in [1.54, 1.807) is 26.0 Å². The maximum atomic E-state index is 12.5. The summed E-state index contributed by atoms with van der Waals surface area (Å²) >= 11 is 6.03. The molecule has 0 aromatic heterocycles. The van der Waals surface area contributed by atoms with E-state index in [1.807, 2.05) is 0 Å². The van der Waals surface area contributed by atoms with E-state index in [9.17, 15) is 13.2 Å². The first-order chi connectivity index (χ1) is 10.4. The summed E-state index contributed by atoms with van der Waals surface area (Å²) in [5, 5.41) is 2.80. The van der Waals surface area contributed by atoms with E-state index in [-0.39, 0.29) is 15.8 Å². The molecule has 0 aliphatic carbocycles. The van der Waals surface area contributed by atoms with Crippen molar-refractivity contribution in [2.24, 2.45) is 0 Å². The van der Waals surface area contributed by atoms with Gasteiger partial charge in [-0.2, -0.15) is 4.31 Å². The van der Waals surface area contributed by atoms with Gasteiger partial charge in [-0.05, 0) is 24.6 Å². The van der Waals surface area contributed by atoms with E-state index in [0.717, 1.165) is 0 Å². The van der Waals surface area contributed by atoms with Crippen LogP contribution < -0.4 is 5.32 Å². The highest BCUT2D eigenvalue weighted by Gasteiger charge is 2.24. The van der Waals surface area contributed by atoms with E-state index < -0.39 is 10.0 Å². The van der Waals surface area contributed by atoms with E-state index in [4.69, 9.17) is 11.6 Å². The minimum absolute atomic E-state index is 0.000567. The van der Waals surface area contributed by atoms with E-state index in [1.165, 1.54) is 16.4 Å². The molecule has 0 atom stereocenters. The maximum Gasteiger partial charge on any atom is 0.244 e. The molecule has 0 aliphatic heterocycles. The van der Waals surface area contributed by atoms with Crippen molar-refractivity contribution >= 4 is 33.2 Å². The molecule has 7 heteroatoms. The Kier molecular flexibility index (Phi) is 7.06. The van der Waals surface area contributed by atoms with Crippen LogP contribution in [0.1, 0.15) is 26.7 Å². The van der Waals surface area contributed by atoms with Gasteiger partial charge in [0.1, 0.15) is 4.90 Å². The highest BCUT2D eigenvalue weighted by atomic mass is 35.5. The average Bonchev–Trinajstić information content (AvgIpc) is 2.48. The van der Waals surface area contributed by atoms with E-state index >= 15 is 0 Å². The number of hydrogen-bond donors (Lipinski definition) is 1. The van der Waals surface area contributed by atoms with Crippen LogP contribution in [0.3, 0.4) is 0 Å². The van der Waals surface area contributed by atoms with Crippen LogP contribution in [0, 0.1) is 0 Å². The number of carbonyl (C=O) groups excluding carboxylic acids is 1. The lowest BCUT2D eigenvalue weighted by molar-refractivity contribution is -0.116. The smallest absolute Gasteiger partial charge is 0.244 e. The van der Waals surface area contributed by atoms with Gasteiger partial charge in [0, 0.05) is 25.2 Å². The number of rotatable bonds is 8. The number of anilines is 1. The molecule has 1 aromatic rings. The number of allylic oxidation sites excluding steroid dienone is 1. The third-order valence-corrected chi connectivity index (χ3v) is 5.65. The fourth-order valence-corrected chi connectivity index (χ4v) is 3.90. The highest BCUT2D eigenvalue weighted by molar-refractivity contribution is 7.89. The average molecular weight is 345 g/mol. The Morgan fingerprint density at radius 3 is 2.55 bits per heavy atom. The van der Waals surface area contributed by atoms with Crippen LogP contribution >= 0.6 is 11.6 Å². The molecular formula is C15H21ClN2O3S. The van der Waals surface area contributed by atoms with Crippen molar-refractivity contribution in [2.75, 3.05) is 18.4 Å². The van der Waals surface area contributed by atoms with Gasteiger partial charge in [0.15, 0.2) is 0 Å². The molecule has 22 heavy (non-hydrogen) atoms. The van der Waals surface area contributed by atoms with Gasteiger partial charge in [0.25, 0.3) is 0 Å². The van der Waals surface area contributed by atoms with Gasteiger partial charge in [0.2, 0.25) is 15.9 Å². The summed E-state index contributed by atoms with van der Waals surface area (Å²) in [5.41, 5.74) is 0.407. The summed E-state index contributed by atoms with van der Waals surface area (Å²) in [5.74, 6) is -0.201. The molecule has 1 aromatic carbocycles. The Hall–Kier alpha value is -1.37. The van der Waals surface area contributed by atoms with Crippen LogP contribution in [0.25, 0.3) is 0 Å². The quantitative estimate of drug-likeness (QED) is 0.736. The van der Waals surface area contributed by atoms with Crippen molar-refractivity contribution in [2.45, 2.75) is 31.6 Å². The van der Waals surface area contributed by atoms with Gasteiger partial charge in [-0.15, -0.1) is 6.58 Å². The Balaban J connectivity index is 3.09. The summed E-state index contributed by atoms with van der Waals surface area (Å²) in [6.07, 6.45) is 2.51. The molecule has 5 nitrogen and oxygen atoms in total. The molecular weight excluding hydrogens is 324 g/mol.